The SMILES string of the molecule is CCNc1cc(N2CCCC2CCO)nc(N)n1. The zero-order valence-electron chi connectivity index (χ0n) is 10.8. The summed E-state index contributed by atoms with van der Waals surface area (Å²) < 4.78 is 0. The van der Waals surface area contributed by atoms with E-state index in [9.17, 15) is 0 Å². The molecule has 1 saturated heterocycles. The van der Waals surface area contributed by atoms with Crippen molar-refractivity contribution in [3.63, 3.8) is 0 Å². The molecule has 0 bridgehead atoms. The molecule has 2 heterocycles. The minimum atomic E-state index is 0.210. The molecule has 1 aliphatic rings. The van der Waals surface area contributed by atoms with Crippen LogP contribution in [0.1, 0.15) is 26.2 Å². The van der Waals surface area contributed by atoms with Gasteiger partial charge in [0.15, 0.2) is 0 Å². The molecule has 0 aliphatic carbocycles. The van der Waals surface area contributed by atoms with Crippen molar-refractivity contribution in [3.05, 3.63) is 6.07 Å². The predicted molar refractivity (Wildman–Crippen MR) is 72.7 cm³/mol. The van der Waals surface area contributed by atoms with E-state index in [4.69, 9.17) is 10.8 Å². The Balaban J connectivity index is 2.20. The first-order chi connectivity index (χ1) is 8.74. The van der Waals surface area contributed by atoms with Crippen LogP contribution in [0.15, 0.2) is 6.07 Å². The van der Waals surface area contributed by atoms with Crippen LogP contribution in [0.2, 0.25) is 0 Å². The topological polar surface area (TPSA) is 87.3 Å². The summed E-state index contributed by atoms with van der Waals surface area (Å²) in [7, 11) is 0. The summed E-state index contributed by atoms with van der Waals surface area (Å²) in [4.78, 5) is 10.7. The van der Waals surface area contributed by atoms with Crippen LogP contribution < -0.4 is 16.0 Å². The van der Waals surface area contributed by atoms with E-state index in [1.54, 1.807) is 0 Å². The van der Waals surface area contributed by atoms with E-state index in [0.29, 0.717) is 6.04 Å². The Morgan fingerprint density at radius 2 is 2.39 bits per heavy atom. The van der Waals surface area contributed by atoms with Crippen LogP contribution in [0, 0.1) is 0 Å². The van der Waals surface area contributed by atoms with Crippen molar-refractivity contribution in [1.29, 1.82) is 0 Å². The molecule has 1 aliphatic heterocycles. The molecule has 0 radical (unpaired) electrons. The summed E-state index contributed by atoms with van der Waals surface area (Å²) in [5.41, 5.74) is 5.74. The zero-order valence-corrected chi connectivity index (χ0v) is 10.8. The van der Waals surface area contributed by atoms with Gasteiger partial charge >= 0.3 is 0 Å². The molecule has 0 spiro atoms. The Kier molecular flexibility index (Phi) is 4.19. The molecule has 0 saturated carbocycles. The molecular weight excluding hydrogens is 230 g/mol. The van der Waals surface area contributed by atoms with Gasteiger partial charge in [-0.05, 0) is 26.2 Å². The van der Waals surface area contributed by atoms with Gasteiger partial charge in [-0.1, -0.05) is 0 Å². The third-order valence-corrected chi connectivity index (χ3v) is 3.22. The maximum Gasteiger partial charge on any atom is 0.223 e. The summed E-state index contributed by atoms with van der Waals surface area (Å²) in [6, 6.07) is 2.29. The average molecular weight is 251 g/mol. The Labute approximate surface area is 107 Å². The minimum Gasteiger partial charge on any atom is -0.396 e. The smallest absolute Gasteiger partial charge is 0.223 e. The summed E-state index contributed by atoms with van der Waals surface area (Å²) >= 11 is 0. The Morgan fingerprint density at radius 1 is 1.56 bits per heavy atom. The van der Waals surface area contributed by atoms with Gasteiger partial charge in [0.1, 0.15) is 11.6 Å². The summed E-state index contributed by atoms with van der Waals surface area (Å²) in [6.45, 7) is 3.99. The number of hydrogen-bond acceptors (Lipinski definition) is 6. The molecular formula is C12H21N5O. The molecule has 1 aromatic rings. The number of nitrogens with one attached hydrogen (secondary N) is 1. The van der Waals surface area contributed by atoms with Crippen LogP contribution in [0.3, 0.4) is 0 Å². The van der Waals surface area contributed by atoms with Gasteiger partial charge in [0.2, 0.25) is 5.95 Å². The van der Waals surface area contributed by atoms with E-state index in [1.807, 2.05) is 13.0 Å². The van der Waals surface area contributed by atoms with Gasteiger partial charge in [-0.15, -0.1) is 0 Å². The lowest BCUT2D eigenvalue weighted by atomic mass is 10.1. The summed E-state index contributed by atoms with van der Waals surface area (Å²) in [5, 5.41) is 12.2. The molecule has 1 atom stereocenters. The number of nitrogens with two attached hydrogens (primary N) is 1. The fraction of sp³-hybridized carbons (Fsp3) is 0.667. The van der Waals surface area contributed by atoms with Gasteiger partial charge in [0.25, 0.3) is 0 Å². The standard InChI is InChI=1S/C12H21N5O/c1-2-14-10-8-11(16-12(13)15-10)17-6-3-4-9(17)5-7-18/h8-9,18H,2-7H2,1H3,(H3,13,14,15,16). The summed E-state index contributed by atoms with van der Waals surface area (Å²) in [6.07, 6.45) is 3.01. The number of aliphatic hydroxyl groups is 1. The fourth-order valence-corrected chi connectivity index (χ4v) is 2.46. The summed E-state index contributed by atoms with van der Waals surface area (Å²) in [5.74, 6) is 1.90. The van der Waals surface area contributed by atoms with Crippen LogP contribution >= 0.6 is 0 Å². The van der Waals surface area contributed by atoms with E-state index < -0.39 is 0 Å². The minimum absolute atomic E-state index is 0.210. The monoisotopic (exact) mass is 251 g/mol. The van der Waals surface area contributed by atoms with E-state index >= 15 is 0 Å². The molecule has 6 heteroatoms. The number of nitrogens with zero attached hydrogens (tertiary/aromatic N) is 3. The van der Waals surface area contributed by atoms with Gasteiger partial charge in [0, 0.05) is 31.8 Å². The molecule has 1 aromatic heterocycles. The van der Waals surface area contributed by atoms with Gasteiger partial charge < -0.3 is 21.1 Å². The molecule has 1 fully saturated rings. The van der Waals surface area contributed by atoms with Crippen LogP contribution in [0.4, 0.5) is 17.6 Å². The molecule has 0 amide bonds. The third kappa shape index (κ3) is 2.81. The second kappa shape index (κ2) is 5.86. The van der Waals surface area contributed by atoms with Crippen LogP contribution in [-0.4, -0.2) is 40.8 Å². The number of aliphatic hydroxyl groups excluding tert-OH is 1. The first kappa shape index (κ1) is 12.9. The number of aromatic nitrogens is 2. The van der Waals surface area contributed by atoms with Crippen molar-refractivity contribution < 1.29 is 5.11 Å². The van der Waals surface area contributed by atoms with E-state index in [-0.39, 0.29) is 12.6 Å². The Bertz CT molecular complexity index is 398. The molecule has 4 N–H and O–H groups in total. The number of hydrogen-bond donors (Lipinski definition) is 3. The van der Waals surface area contributed by atoms with Crippen LogP contribution in [-0.2, 0) is 0 Å². The molecule has 6 nitrogen and oxygen atoms in total. The van der Waals surface area contributed by atoms with E-state index in [0.717, 1.165) is 44.0 Å². The lowest BCUT2D eigenvalue weighted by molar-refractivity contribution is 0.275. The van der Waals surface area contributed by atoms with Crippen LogP contribution in [0.25, 0.3) is 0 Å². The first-order valence-corrected chi connectivity index (χ1v) is 6.50. The van der Waals surface area contributed by atoms with Crippen molar-refractivity contribution in [3.8, 4) is 0 Å². The molecule has 2 rings (SSSR count). The van der Waals surface area contributed by atoms with Crippen molar-refractivity contribution >= 4 is 17.6 Å². The van der Waals surface area contributed by atoms with Crippen molar-refractivity contribution in [2.75, 3.05) is 35.6 Å². The zero-order chi connectivity index (χ0) is 13.0. The van der Waals surface area contributed by atoms with E-state index in [2.05, 4.69) is 20.2 Å². The predicted octanol–water partition coefficient (Wildman–Crippen LogP) is 0.842. The molecule has 0 aromatic carbocycles. The Hall–Kier alpha value is -1.56. The van der Waals surface area contributed by atoms with Crippen molar-refractivity contribution in [1.82, 2.24) is 9.97 Å². The Morgan fingerprint density at radius 3 is 3.11 bits per heavy atom. The second-order valence-electron chi connectivity index (χ2n) is 4.50. The highest BCUT2D eigenvalue weighted by Crippen LogP contribution is 2.27. The van der Waals surface area contributed by atoms with E-state index in [1.165, 1.54) is 0 Å². The lowest BCUT2D eigenvalue weighted by Crippen LogP contribution is -2.31. The van der Waals surface area contributed by atoms with Gasteiger partial charge in [-0.3, -0.25) is 0 Å². The van der Waals surface area contributed by atoms with Crippen molar-refractivity contribution in [2.45, 2.75) is 32.2 Å². The van der Waals surface area contributed by atoms with Gasteiger partial charge in [0.05, 0.1) is 0 Å². The second-order valence-corrected chi connectivity index (χ2v) is 4.50. The van der Waals surface area contributed by atoms with Gasteiger partial charge in [-0.2, -0.15) is 9.97 Å². The van der Waals surface area contributed by atoms with Crippen LogP contribution in [0.5, 0.6) is 0 Å². The average Bonchev–Trinajstić information content (AvgIpc) is 2.77. The highest BCUT2D eigenvalue weighted by atomic mass is 16.3. The quantitative estimate of drug-likeness (QED) is 0.719. The molecule has 1 unspecified atom stereocenters. The maximum atomic E-state index is 9.09. The first-order valence-electron chi connectivity index (χ1n) is 6.50. The van der Waals surface area contributed by atoms with Gasteiger partial charge in [-0.25, -0.2) is 0 Å². The highest BCUT2D eigenvalue weighted by molar-refractivity contribution is 5.53. The lowest BCUT2D eigenvalue weighted by Gasteiger charge is -2.25. The number of nitrogen functional groups attached to an aromatic ring is 1. The molecule has 18 heavy (non-hydrogen) atoms. The normalized spacial score (nSPS) is 19.2. The largest absolute Gasteiger partial charge is 0.396 e. The third-order valence-electron chi connectivity index (χ3n) is 3.22. The van der Waals surface area contributed by atoms with Crippen molar-refractivity contribution in [2.24, 2.45) is 0 Å². The number of anilines is 3. The number of rotatable bonds is 5. The fourth-order valence-electron chi connectivity index (χ4n) is 2.46. The highest BCUT2D eigenvalue weighted by Gasteiger charge is 2.25. The maximum absolute atomic E-state index is 9.09. The molecule has 100 valence electrons.